The highest BCUT2D eigenvalue weighted by Gasteiger charge is 2.38. The number of carbonyl (C=O) groups excluding carboxylic acids is 2. The molecule has 2 heterocycles. The first-order valence-corrected chi connectivity index (χ1v) is 12.8. The van der Waals surface area contributed by atoms with Gasteiger partial charge in [0.25, 0.3) is 0 Å². The molecule has 1 N–H and O–H groups in total. The van der Waals surface area contributed by atoms with Crippen molar-refractivity contribution >= 4 is 45.7 Å². The van der Waals surface area contributed by atoms with E-state index in [2.05, 4.69) is 36.2 Å². The van der Waals surface area contributed by atoms with Crippen LogP contribution in [0.2, 0.25) is 0 Å². The molecular weight excluding hydrogens is 466 g/mol. The maximum absolute atomic E-state index is 13.7. The Kier molecular flexibility index (Phi) is 6.37. The van der Waals surface area contributed by atoms with Crippen molar-refractivity contribution in [3.05, 3.63) is 108 Å². The predicted octanol–water partition coefficient (Wildman–Crippen LogP) is 6.46. The molecule has 5 nitrogen and oxygen atoms in total. The summed E-state index contributed by atoms with van der Waals surface area (Å²) in [4.78, 5) is 33.0. The molecule has 3 aromatic carbocycles. The molecule has 0 unspecified atom stereocenters. The normalized spacial score (nSPS) is 15.2. The zero-order valence-corrected chi connectivity index (χ0v) is 21.3. The van der Waals surface area contributed by atoms with Gasteiger partial charge in [-0.3, -0.25) is 9.59 Å². The van der Waals surface area contributed by atoms with Gasteiger partial charge in [0, 0.05) is 46.6 Å². The summed E-state index contributed by atoms with van der Waals surface area (Å²) in [5, 5.41) is 4.33. The summed E-state index contributed by atoms with van der Waals surface area (Å²) < 4.78 is 0. The number of para-hydroxylation sites is 3. The van der Waals surface area contributed by atoms with Crippen molar-refractivity contribution in [2.45, 2.75) is 24.3 Å². The molecule has 0 aliphatic carbocycles. The average molecular weight is 494 g/mol. The minimum Gasteiger partial charge on any atom is -0.347 e. The summed E-state index contributed by atoms with van der Waals surface area (Å²) in [6.07, 6.45) is 1.75. The Balaban J connectivity index is 1.44. The molecule has 1 aliphatic rings. The minimum absolute atomic E-state index is 0.0769. The summed E-state index contributed by atoms with van der Waals surface area (Å²) in [7, 11) is 2.00. The second-order valence-corrected chi connectivity index (χ2v) is 10.3. The fourth-order valence-electron chi connectivity index (χ4n) is 4.75. The van der Waals surface area contributed by atoms with Crippen LogP contribution < -0.4 is 10.2 Å². The largest absolute Gasteiger partial charge is 0.347 e. The minimum atomic E-state index is -0.295. The second-order valence-electron chi connectivity index (χ2n) is 9.32. The van der Waals surface area contributed by atoms with Crippen LogP contribution in [0.15, 0.2) is 102 Å². The molecule has 0 atom stereocenters. The number of pyridine rings is 1. The van der Waals surface area contributed by atoms with Crippen molar-refractivity contribution in [3.8, 4) is 0 Å². The Morgan fingerprint density at radius 3 is 2.44 bits per heavy atom. The van der Waals surface area contributed by atoms with Crippen LogP contribution >= 0.6 is 11.8 Å². The zero-order valence-electron chi connectivity index (χ0n) is 20.5. The molecule has 6 heteroatoms. The summed E-state index contributed by atoms with van der Waals surface area (Å²) in [6.45, 7) is 4.29. The van der Waals surface area contributed by atoms with Gasteiger partial charge in [-0.1, -0.05) is 80.2 Å². The number of hydrogen-bond donors (Lipinski definition) is 1. The van der Waals surface area contributed by atoms with Crippen LogP contribution in [0.1, 0.15) is 29.8 Å². The molecule has 0 radical (unpaired) electrons. The monoisotopic (exact) mass is 493 g/mol. The molecule has 5 rings (SSSR count). The number of carbonyl (C=O) groups is 2. The molecule has 0 saturated heterocycles. The standard InChI is InChI=1S/C30H27N3O2S/c1-30(2)23-14-8-10-16-25(23)33(3)27(30)18-26(34)22-17-29(32-24-15-9-7-13-21(22)24)36-19-28(35)31-20-11-5-4-6-12-20/h4-18H,19H2,1-3H3,(H,31,35). The highest BCUT2D eigenvalue weighted by atomic mass is 32.2. The van der Waals surface area contributed by atoms with Gasteiger partial charge in [0.15, 0.2) is 5.78 Å². The van der Waals surface area contributed by atoms with Crippen LogP contribution in [0.3, 0.4) is 0 Å². The smallest absolute Gasteiger partial charge is 0.234 e. The van der Waals surface area contributed by atoms with E-state index in [-0.39, 0.29) is 22.9 Å². The lowest BCUT2D eigenvalue weighted by atomic mass is 9.83. The number of anilines is 2. The highest BCUT2D eigenvalue weighted by molar-refractivity contribution is 7.99. The number of nitrogens with one attached hydrogen (secondary N) is 1. The Morgan fingerprint density at radius 2 is 1.67 bits per heavy atom. The third kappa shape index (κ3) is 4.52. The molecule has 1 aromatic heterocycles. The van der Waals surface area contributed by atoms with Gasteiger partial charge >= 0.3 is 0 Å². The van der Waals surface area contributed by atoms with Gasteiger partial charge in [0.05, 0.1) is 16.3 Å². The Morgan fingerprint density at radius 1 is 0.972 bits per heavy atom. The summed E-state index contributed by atoms with van der Waals surface area (Å²) in [6, 6.07) is 27.0. The van der Waals surface area contributed by atoms with E-state index in [9.17, 15) is 9.59 Å². The van der Waals surface area contributed by atoms with E-state index in [1.165, 1.54) is 17.3 Å². The number of rotatable bonds is 6. The predicted molar refractivity (Wildman–Crippen MR) is 148 cm³/mol. The molecule has 4 aromatic rings. The molecule has 180 valence electrons. The van der Waals surface area contributed by atoms with Gasteiger partial charge in [-0.25, -0.2) is 4.98 Å². The first-order chi connectivity index (χ1) is 17.3. The number of allylic oxidation sites excluding steroid dienone is 2. The van der Waals surface area contributed by atoms with E-state index in [4.69, 9.17) is 4.98 Å². The zero-order chi connectivity index (χ0) is 25.3. The van der Waals surface area contributed by atoms with Crippen LogP contribution in [0.5, 0.6) is 0 Å². The first kappa shape index (κ1) is 23.8. The highest BCUT2D eigenvalue weighted by Crippen LogP contribution is 2.46. The molecule has 0 bridgehead atoms. The molecule has 0 spiro atoms. The number of likely N-dealkylation sites (N-methyl/N-ethyl adjacent to an activating group) is 1. The van der Waals surface area contributed by atoms with E-state index in [0.29, 0.717) is 10.6 Å². The number of aromatic nitrogens is 1. The Labute approximate surface area is 215 Å². The fraction of sp³-hybridized carbons (Fsp3) is 0.167. The maximum Gasteiger partial charge on any atom is 0.234 e. The molecule has 0 fully saturated rings. The van der Waals surface area contributed by atoms with Gasteiger partial charge in [-0.2, -0.15) is 0 Å². The molecule has 0 saturated carbocycles. The van der Waals surface area contributed by atoms with E-state index >= 15 is 0 Å². The fourth-order valence-corrected chi connectivity index (χ4v) is 5.46. The van der Waals surface area contributed by atoms with Gasteiger partial charge in [0.2, 0.25) is 5.91 Å². The lowest BCUT2D eigenvalue weighted by Gasteiger charge is -2.24. The number of hydrogen-bond acceptors (Lipinski definition) is 5. The average Bonchev–Trinajstić information content (AvgIpc) is 3.08. The van der Waals surface area contributed by atoms with E-state index in [1.54, 1.807) is 12.1 Å². The van der Waals surface area contributed by atoms with Crippen molar-refractivity contribution in [3.63, 3.8) is 0 Å². The number of ketones is 1. The van der Waals surface area contributed by atoms with Crippen molar-refractivity contribution in [1.82, 2.24) is 4.98 Å². The lowest BCUT2D eigenvalue weighted by molar-refractivity contribution is -0.113. The van der Waals surface area contributed by atoms with Gasteiger partial charge in [-0.05, 0) is 35.9 Å². The Bertz CT molecular complexity index is 1490. The summed E-state index contributed by atoms with van der Waals surface area (Å²) in [5.74, 6) is -0.00444. The number of thioether (sulfide) groups is 1. The SMILES string of the molecule is CN1C(=CC(=O)c2cc(SCC(=O)Nc3ccccc3)nc3ccccc23)C(C)(C)c2ccccc21. The topological polar surface area (TPSA) is 62.3 Å². The van der Waals surface area contributed by atoms with Gasteiger partial charge in [0.1, 0.15) is 0 Å². The third-order valence-corrected chi connectivity index (χ3v) is 7.49. The third-order valence-electron chi connectivity index (χ3n) is 6.58. The summed E-state index contributed by atoms with van der Waals surface area (Å²) >= 11 is 1.32. The van der Waals surface area contributed by atoms with Gasteiger partial charge < -0.3 is 10.2 Å². The first-order valence-electron chi connectivity index (χ1n) is 11.8. The van der Waals surface area contributed by atoms with Crippen molar-refractivity contribution in [1.29, 1.82) is 0 Å². The van der Waals surface area contributed by atoms with Crippen LogP contribution in [-0.4, -0.2) is 29.5 Å². The second kappa shape index (κ2) is 9.63. The lowest BCUT2D eigenvalue weighted by Crippen LogP contribution is -2.24. The maximum atomic E-state index is 13.7. The van der Waals surface area contributed by atoms with Gasteiger partial charge in [-0.15, -0.1) is 0 Å². The molecular formula is C30H27N3O2S. The van der Waals surface area contributed by atoms with Crippen LogP contribution in [0.25, 0.3) is 10.9 Å². The van der Waals surface area contributed by atoms with Crippen LogP contribution in [0.4, 0.5) is 11.4 Å². The molecule has 1 aliphatic heterocycles. The van der Waals surface area contributed by atoms with Crippen LogP contribution in [-0.2, 0) is 10.2 Å². The Hall–Kier alpha value is -3.90. The van der Waals surface area contributed by atoms with Crippen molar-refractivity contribution in [2.24, 2.45) is 0 Å². The number of benzene rings is 3. The van der Waals surface area contributed by atoms with E-state index in [0.717, 1.165) is 28.0 Å². The quantitative estimate of drug-likeness (QED) is 0.190. The number of fused-ring (bicyclic) bond motifs is 2. The molecule has 1 amide bonds. The molecule has 36 heavy (non-hydrogen) atoms. The van der Waals surface area contributed by atoms with Crippen molar-refractivity contribution in [2.75, 3.05) is 23.0 Å². The van der Waals surface area contributed by atoms with Crippen molar-refractivity contribution < 1.29 is 9.59 Å². The van der Waals surface area contributed by atoms with E-state index in [1.807, 2.05) is 73.8 Å². The summed E-state index contributed by atoms with van der Waals surface area (Å²) in [5.41, 5.74) is 5.03. The van der Waals surface area contributed by atoms with Crippen LogP contribution in [0, 0.1) is 0 Å². The number of nitrogens with zero attached hydrogens (tertiary/aromatic N) is 2. The number of amides is 1. The van der Waals surface area contributed by atoms with E-state index < -0.39 is 0 Å².